The molecular formula is C50H40Cl2N6O4. The summed E-state index contributed by atoms with van der Waals surface area (Å²) in [5.41, 5.74) is 9.51. The van der Waals surface area contributed by atoms with Crippen LogP contribution in [0.2, 0.25) is 10.6 Å². The maximum absolute atomic E-state index is 6.43. The zero-order valence-corrected chi connectivity index (χ0v) is 36.3. The molecule has 9 rings (SSSR count). The van der Waals surface area contributed by atoms with Gasteiger partial charge in [-0.3, -0.25) is 0 Å². The molecule has 6 aromatic carbocycles. The first-order chi connectivity index (χ1) is 29.7. The maximum atomic E-state index is 6.43. The summed E-state index contributed by atoms with van der Waals surface area (Å²) in [6.07, 6.45) is 0. The predicted octanol–water partition coefficient (Wildman–Crippen LogP) is 14.1. The molecule has 0 amide bonds. The van der Waals surface area contributed by atoms with E-state index in [1.54, 1.807) is 0 Å². The van der Waals surface area contributed by atoms with Gasteiger partial charge < -0.3 is 18.9 Å². The van der Waals surface area contributed by atoms with E-state index < -0.39 is 0 Å². The van der Waals surface area contributed by atoms with E-state index in [-0.39, 0.29) is 45.4 Å². The third-order valence-electron chi connectivity index (χ3n) is 10.2. The van der Waals surface area contributed by atoms with Gasteiger partial charge in [-0.1, -0.05) is 114 Å². The van der Waals surface area contributed by atoms with Crippen molar-refractivity contribution >= 4 is 23.2 Å². The van der Waals surface area contributed by atoms with Gasteiger partial charge in [0.05, 0.1) is 0 Å². The van der Waals surface area contributed by atoms with E-state index in [4.69, 9.17) is 42.1 Å². The second-order valence-electron chi connectivity index (χ2n) is 17.0. The molecule has 2 aromatic heterocycles. The second kappa shape index (κ2) is 16.2. The molecule has 10 nitrogen and oxygen atoms in total. The summed E-state index contributed by atoms with van der Waals surface area (Å²) >= 11 is 12.9. The Morgan fingerprint density at radius 2 is 0.581 bits per heavy atom. The Hall–Kier alpha value is -6.88. The lowest BCUT2D eigenvalue weighted by atomic mass is 9.83. The number of aromatic nitrogens is 6. The average Bonchev–Trinajstić information content (AvgIpc) is 3.22. The lowest BCUT2D eigenvalue weighted by molar-refractivity contribution is 0.396. The van der Waals surface area contributed by atoms with Crippen molar-refractivity contribution in [2.24, 2.45) is 0 Å². The summed E-state index contributed by atoms with van der Waals surface area (Å²) in [5, 5.41) is -0.144. The molecule has 0 radical (unpaired) electrons. The van der Waals surface area contributed by atoms with Gasteiger partial charge >= 0.3 is 24.0 Å². The molecule has 0 saturated heterocycles. The van der Waals surface area contributed by atoms with Gasteiger partial charge in [-0.25, -0.2) is 0 Å². The molecule has 0 spiro atoms. The van der Waals surface area contributed by atoms with Crippen LogP contribution in [-0.2, 0) is 10.8 Å². The van der Waals surface area contributed by atoms with Crippen LogP contribution in [-0.4, -0.2) is 29.9 Å². The van der Waals surface area contributed by atoms with Crippen molar-refractivity contribution in [2.45, 2.75) is 52.4 Å². The minimum Gasteiger partial charge on any atom is -0.424 e. The van der Waals surface area contributed by atoms with E-state index in [0.29, 0.717) is 23.0 Å². The number of nitrogens with zero attached hydrogens (tertiary/aromatic N) is 6. The van der Waals surface area contributed by atoms with E-state index in [1.807, 2.05) is 97.1 Å². The monoisotopic (exact) mass is 858 g/mol. The Morgan fingerprint density at radius 1 is 0.323 bits per heavy atom. The van der Waals surface area contributed by atoms with E-state index in [0.717, 1.165) is 55.6 Å². The standard InChI is InChI=1S/C50H40Cl2N6O4/c1-49(2,3)37-21-33-19-34(22-37)30-12-8-16-40(26-30)60-46-54-44(52)56-48(58-46)62-42-18-10-14-32(28-42)36-20-35(23-38(24-36)50(4,5)6)31-13-9-17-41(27-31)61-47-55-43(51)53-45(57-47)59-39-15-7-11-29(33)25-39/h7-28H,1-6H3. The van der Waals surface area contributed by atoms with Gasteiger partial charge in [0.2, 0.25) is 10.6 Å². The second-order valence-corrected chi connectivity index (χ2v) is 17.6. The van der Waals surface area contributed by atoms with Crippen LogP contribution in [0, 0.1) is 0 Å². The highest BCUT2D eigenvalue weighted by molar-refractivity contribution is 6.28. The predicted molar refractivity (Wildman–Crippen MR) is 242 cm³/mol. The van der Waals surface area contributed by atoms with Gasteiger partial charge in [0.1, 0.15) is 23.0 Å². The van der Waals surface area contributed by atoms with Crippen LogP contribution in [0.5, 0.6) is 47.0 Å². The van der Waals surface area contributed by atoms with Gasteiger partial charge in [-0.15, -0.1) is 9.97 Å². The molecule has 8 aromatic rings. The quantitative estimate of drug-likeness (QED) is 0.146. The average molecular weight is 860 g/mol. The van der Waals surface area contributed by atoms with E-state index in [1.165, 1.54) is 0 Å². The number of halogens is 2. The number of hydrogen-bond acceptors (Lipinski definition) is 10. The van der Waals surface area contributed by atoms with Crippen LogP contribution in [0.15, 0.2) is 133 Å². The molecule has 1 aliphatic rings. The largest absolute Gasteiger partial charge is 0.424 e. The van der Waals surface area contributed by atoms with E-state index >= 15 is 0 Å². The van der Waals surface area contributed by atoms with Crippen molar-refractivity contribution in [3.05, 3.63) is 155 Å². The van der Waals surface area contributed by atoms with Crippen molar-refractivity contribution in [1.82, 2.24) is 29.9 Å². The first kappa shape index (κ1) is 40.5. The minimum atomic E-state index is -0.167. The fourth-order valence-electron chi connectivity index (χ4n) is 6.98. The summed E-state index contributed by atoms with van der Waals surface area (Å²) in [6, 6.07) is 43.8. The van der Waals surface area contributed by atoms with Crippen LogP contribution in [0.3, 0.4) is 0 Å². The Balaban J connectivity index is 1.18. The highest BCUT2D eigenvalue weighted by Crippen LogP contribution is 2.39. The van der Waals surface area contributed by atoms with Gasteiger partial charge in [-0.2, -0.15) is 19.9 Å². The van der Waals surface area contributed by atoms with Gasteiger partial charge in [0, 0.05) is 0 Å². The Bertz CT molecular complexity index is 2630. The van der Waals surface area contributed by atoms with Crippen LogP contribution in [0.4, 0.5) is 0 Å². The molecule has 1 aliphatic heterocycles. The Morgan fingerprint density at radius 3 is 0.823 bits per heavy atom. The third kappa shape index (κ3) is 9.22. The van der Waals surface area contributed by atoms with Crippen molar-refractivity contribution < 1.29 is 18.9 Å². The van der Waals surface area contributed by atoms with Gasteiger partial charge in [0.15, 0.2) is 0 Å². The molecule has 0 N–H and O–H groups in total. The molecule has 0 fully saturated rings. The molecule has 0 saturated carbocycles. The highest BCUT2D eigenvalue weighted by Gasteiger charge is 2.20. The summed E-state index contributed by atoms with van der Waals surface area (Å²) in [5.74, 6) is 2.01. The topological polar surface area (TPSA) is 114 Å². The van der Waals surface area contributed by atoms with Crippen molar-refractivity contribution in [3.8, 4) is 91.5 Å². The first-order valence-electron chi connectivity index (χ1n) is 19.9. The van der Waals surface area contributed by atoms with Crippen LogP contribution < -0.4 is 18.9 Å². The molecule has 3 heterocycles. The summed E-state index contributed by atoms with van der Waals surface area (Å²) in [6.45, 7) is 13.1. The van der Waals surface area contributed by atoms with Gasteiger partial charge in [0.25, 0.3) is 0 Å². The number of hydrogen-bond donors (Lipinski definition) is 0. The van der Waals surface area contributed by atoms with Crippen molar-refractivity contribution in [1.29, 1.82) is 0 Å². The summed E-state index contributed by atoms with van der Waals surface area (Å²) in [7, 11) is 0. The fourth-order valence-corrected chi connectivity index (χ4v) is 7.27. The fraction of sp³-hybridized carbons (Fsp3) is 0.160. The van der Waals surface area contributed by atoms with Crippen molar-refractivity contribution in [2.75, 3.05) is 0 Å². The molecule has 0 unspecified atom stereocenters. The van der Waals surface area contributed by atoms with E-state index in [2.05, 4.69) is 108 Å². The summed E-state index contributed by atoms with van der Waals surface area (Å²) < 4.78 is 24.9. The first-order valence-corrected chi connectivity index (χ1v) is 20.7. The van der Waals surface area contributed by atoms with E-state index in [9.17, 15) is 0 Å². The highest BCUT2D eigenvalue weighted by atomic mass is 35.5. The van der Waals surface area contributed by atoms with Crippen LogP contribution >= 0.6 is 23.2 Å². The molecule has 0 atom stereocenters. The SMILES string of the molecule is CC(C)(C)c1cc2cc(c1)-c1cccc(c1)Oc1nc(Cl)nc(n1)Oc1cccc(c1)-c1cc(cc(C(C)(C)C)c1)-c1cccc(c1)Oc1nc(Cl)nc(n1)Oc1cccc-2c1. The summed E-state index contributed by atoms with van der Waals surface area (Å²) in [4.78, 5) is 26.0. The smallest absolute Gasteiger partial charge is 0.329 e. The van der Waals surface area contributed by atoms with Crippen LogP contribution in [0.25, 0.3) is 44.5 Å². The maximum Gasteiger partial charge on any atom is 0.329 e. The molecule has 12 heteroatoms. The molecule has 16 bridgehead atoms. The number of rotatable bonds is 0. The Labute approximate surface area is 369 Å². The molecular weight excluding hydrogens is 819 g/mol. The zero-order chi connectivity index (χ0) is 43.2. The normalized spacial score (nSPS) is 12.4. The third-order valence-corrected chi connectivity index (χ3v) is 10.6. The molecule has 62 heavy (non-hydrogen) atoms. The van der Waals surface area contributed by atoms with Crippen LogP contribution in [0.1, 0.15) is 52.7 Å². The lowest BCUT2D eigenvalue weighted by Gasteiger charge is -2.22. The van der Waals surface area contributed by atoms with Crippen molar-refractivity contribution in [3.63, 3.8) is 0 Å². The Kier molecular flexibility index (Phi) is 10.6. The zero-order valence-electron chi connectivity index (χ0n) is 34.8. The number of benzene rings is 6. The van der Waals surface area contributed by atoms with Gasteiger partial charge in [-0.05, 0) is 150 Å². The molecule has 308 valence electrons. The number of ether oxygens (including phenoxy) is 4. The minimum absolute atomic E-state index is 0.0114. The molecule has 0 aliphatic carbocycles. The lowest BCUT2D eigenvalue weighted by Crippen LogP contribution is -2.11. The number of fused-ring (bicyclic) bond motifs is 20.